The van der Waals surface area contributed by atoms with Gasteiger partial charge in [-0.1, -0.05) is 12.1 Å². The van der Waals surface area contributed by atoms with Gasteiger partial charge in [-0.05, 0) is 54.8 Å². The predicted octanol–water partition coefficient (Wildman–Crippen LogP) is 3.97. The van der Waals surface area contributed by atoms with Crippen LogP contribution in [-0.2, 0) is 16.1 Å². The third kappa shape index (κ3) is 3.89. The number of furan rings is 1. The van der Waals surface area contributed by atoms with Gasteiger partial charge in [-0.3, -0.25) is 14.6 Å². The Morgan fingerprint density at radius 1 is 1.12 bits per heavy atom. The topological polar surface area (TPSA) is 87.5 Å². The summed E-state index contributed by atoms with van der Waals surface area (Å²) in [7, 11) is 0. The molecule has 5 rings (SSSR count). The lowest BCUT2D eigenvalue weighted by Crippen LogP contribution is -2.41. The second-order valence-electron chi connectivity index (χ2n) is 7.99. The molecule has 2 aromatic heterocycles. The summed E-state index contributed by atoms with van der Waals surface area (Å²) in [6.07, 6.45) is 7.10. The minimum atomic E-state index is -0.476. The molecule has 162 valence electrons. The maximum Gasteiger partial charge on any atom is 0.239 e. The number of hydrogen-bond acceptors (Lipinski definition) is 6. The largest absolute Gasteiger partial charge is 0.467 e. The molecule has 2 aliphatic rings. The van der Waals surface area contributed by atoms with E-state index in [9.17, 15) is 9.59 Å². The highest BCUT2D eigenvalue weighted by molar-refractivity contribution is 6.01. The van der Waals surface area contributed by atoms with Gasteiger partial charge in [0, 0.05) is 36.6 Å². The lowest BCUT2D eigenvalue weighted by molar-refractivity contribution is -0.120. The van der Waals surface area contributed by atoms with Gasteiger partial charge in [0.1, 0.15) is 11.8 Å². The van der Waals surface area contributed by atoms with Crippen LogP contribution in [0.4, 0.5) is 11.4 Å². The van der Waals surface area contributed by atoms with Crippen LogP contribution in [0.2, 0.25) is 0 Å². The Hall–Kier alpha value is -3.87. The average Bonchev–Trinajstić information content (AvgIpc) is 3.30. The van der Waals surface area contributed by atoms with Crippen LogP contribution in [0.3, 0.4) is 0 Å². The molecule has 0 saturated carbocycles. The summed E-state index contributed by atoms with van der Waals surface area (Å²) in [6.45, 7) is 0.493. The fourth-order valence-electron chi connectivity index (χ4n) is 4.43. The van der Waals surface area contributed by atoms with Crippen molar-refractivity contribution in [2.45, 2.75) is 31.8 Å². The number of carbonyl (C=O) groups is 2. The Balaban J connectivity index is 1.52. The number of rotatable bonds is 5. The summed E-state index contributed by atoms with van der Waals surface area (Å²) >= 11 is 0. The number of aromatic nitrogens is 1. The van der Waals surface area contributed by atoms with Crippen molar-refractivity contribution in [3.63, 3.8) is 0 Å². The van der Waals surface area contributed by atoms with Gasteiger partial charge in [0.25, 0.3) is 0 Å². The van der Waals surface area contributed by atoms with Crippen molar-refractivity contribution in [2.75, 3.05) is 16.8 Å². The lowest BCUT2D eigenvalue weighted by Gasteiger charge is -2.33. The highest BCUT2D eigenvalue weighted by Gasteiger charge is 2.38. The third-order valence-electron chi connectivity index (χ3n) is 5.91. The molecule has 1 aliphatic carbocycles. The highest BCUT2D eigenvalue weighted by atomic mass is 16.3. The van der Waals surface area contributed by atoms with Crippen molar-refractivity contribution in [1.82, 2.24) is 10.3 Å². The van der Waals surface area contributed by atoms with E-state index in [4.69, 9.17) is 4.42 Å². The first-order chi connectivity index (χ1) is 15.7. The lowest BCUT2D eigenvalue weighted by atomic mass is 9.88. The Morgan fingerprint density at radius 3 is 2.78 bits per heavy atom. The standard InChI is InChI=1S/C25H24N4O3/c30-21-8-3-6-19-24(21)25(22-9-4-14-32-22)29(20-7-2-1-5-18(20)28-19)16-23(31)27-15-17-10-12-26-13-11-17/h1-2,4-5,7,9-14,25,28H,3,6,8,15-16H2,(H,27,31). The number of ketones is 1. The maximum absolute atomic E-state index is 13.1. The van der Waals surface area contributed by atoms with Gasteiger partial charge < -0.3 is 20.0 Å². The fourth-order valence-corrected chi connectivity index (χ4v) is 4.43. The van der Waals surface area contributed by atoms with E-state index in [1.54, 1.807) is 18.7 Å². The van der Waals surface area contributed by atoms with E-state index >= 15 is 0 Å². The molecule has 0 fully saturated rings. The van der Waals surface area contributed by atoms with Gasteiger partial charge in [-0.15, -0.1) is 0 Å². The molecule has 0 radical (unpaired) electrons. The van der Waals surface area contributed by atoms with Crippen LogP contribution >= 0.6 is 0 Å². The van der Waals surface area contributed by atoms with Crippen molar-refractivity contribution in [3.05, 3.63) is 89.8 Å². The van der Waals surface area contributed by atoms with Gasteiger partial charge >= 0.3 is 0 Å². The van der Waals surface area contributed by atoms with Crippen LogP contribution in [0.5, 0.6) is 0 Å². The van der Waals surface area contributed by atoms with Crippen LogP contribution in [0.15, 0.2) is 82.9 Å². The average molecular weight is 428 g/mol. The van der Waals surface area contributed by atoms with E-state index in [0.717, 1.165) is 35.5 Å². The molecule has 0 bridgehead atoms. The monoisotopic (exact) mass is 428 g/mol. The molecule has 1 amide bonds. The zero-order chi connectivity index (χ0) is 21.9. The van der Waals surface area contributed by atoms with Gasteiger partial charge in [-0.2, -0.15) is 0 Å². The van der Waals surface area contributed by atoms with Crippen molar-refractivity contribution in [3.8, 4) is 0 Å². The Morgan fingerprint density at radius 2 is 1.97 bits per heavy atom. The Labute approximate surface area is 186 Å². The number of fused-ring (bicyclic) bond motifs is 1. The van der Waals surface area contributed by atoms with E-state index < -0.39 is 6.04 Å². The first-order valence-electron chi connectivity index (χ1n) is 10.8. The second kappa shape index (κ2) is 8.70. The SMILES string of the molecule is O=C(CN1c2ccccc2NC2=C(C(=O)CCC2)C1c1ccco1)NCc1ccncc1. The number of amides is 1. The summed E-state index contributed by atoms with van der Waals surface area (Å²) in [5, 5.41) is 6.47. The van der Waals surface area contributed by atoms with Crippen LogP contribution in [-0.4, -0.2) is 23.2 Å². The number of carbonyl (C=O) groups excluding carboxylic acids is 2. The minimum absolute atomic E-state index is 0.0825. The Kier molecular flexibility index (Phi) is 5.46. The summed E-state index contributed by atoms with van der Waals surface area (Å²) in [6, 6.07) is 14.8. The van der Waals surface area contributed by atoms with E-state index in [0.29, 0.717) is 24.3 Å². The number of nitrogens with zero attached hydrogens (tertiary/aromatic N) is 2. The van der Waals surface area contributed by atoms with E-state index in [-0.39, 0.29) is 18.2 Å². The number of hydrogen-bond donors (Lipinski definition) is 2. The number of allylic oxidation sites excluding steroid dienone is 1. The van der Waals surface area contributed by atoms with E-state index in [1.165, 1.54) is 0 Å². The van der Waals surface area contributed by atoms with E-state index in [1.807, 2.05) is 53.4 Å². The quantitative estimate of drug-likeness (QED) is 0.639. The number of nitrogens with one attached hydrogen (secondary N) is 2. The normalized spacial score (nSPS) is 17.8. The molecule has 7 heteroatoms. The van der Waals surface area contributed by atoms with Crippen molar-refractivity contribution >= 4 is 23.1 Å². The number of para-hydroxylation sites is 2. The number of anilines is 2. The molecule has 1 aromatic carbocycles. The van der Waals surface area contributed by atoms with Crippen molar-refractivity contribution in [2.24, 2.45) is 0 Å². The molecule has 0 saturated heterocycles. The maximum atomic E-state index is 13.1. The minimum Gasteiger partial charge on any atom is -0.467 e. The molecule has 0 spiro atoms. The molecule has 2 N–H and O–H groups in total. The van der Waals surface area contributed by atoms with Crippen molar-refractivity contribution < 1.29 is 14.0 Å². The molecule has 3 heterocycles. The molecule has 1 unspecified atom stereocenters. The molecular weight excluding hydrogens is 404 g/mol. The molecule has 1 atom stereocenters. The molecule has 3 aromatic rings. The molecule has 32 heavy (non-hydrogen) atoms. The van der Waals surface area contributed by atoms with Crippen LogP contribution < -0.4 is 15.5 Å². The third-order valence-corrected chi connectivity index (χ3v) is 5.91. The van der Waals surface area contributed by atoms with Crippen LogP contribution in [0, 0.1) is 0 Å². The summed E-state index contributed by atoms with van der Waals surface area (Å²) in [5.74, 6) is 0.601. The Bertz CT molecular complexity index is 1150. The summed E-state index contributed by atoms with van der Waals surface area (Å²) in [4.78, 5) is 32.1. The predicted molar refractivity (Wildman–Crippen MR) is 121 cm³/mol. The second-order valence-corrected chi connectivity index (χ2v) is 7.99. The number of Topliss-reactive ketones (excluding diaryl/α,β-unsaturated/α-hetero) is 1. The van der Waals surface area contributed by atoms with Crippen LogP contribution in [0.25, 0.3) is 0 Å². The van der Waals surface area contributed by atoms with Gasteiger partial charge in [0.15, 0.2) is 5.78 Å². The smallest absolute Gasteiger partial charge is 0.239 e. The fraction of sp³-hybridized carbons (Fsp3) is 0.240. The van der Waals surface area contributed by atoms with Crippen molar-refractivity contribution in [1.29, 1.82) is 0 Å². The summed E-state index contributed by atoms with van der Waals surface area (Å²) in [5.41, 5.74) is 4.31. The first-order valence-corrected chi connectivity index (χ1v) is 10.8. The van der Waals surface area contributed by atoms with Crippen LogP contribution in [0.1, 0.15) is 36.6 Å². The highest BCUT2D eigenvalue weighted by Crippen LogP contribution is 2.44. The summed E-state index contributed by atoms with van der Waals surface area (Å²) < 4.78 is 5.79. The first kappa shape index (κ1) is 20.1. The number of pyridine rings is 1. The van der Waals surface area contributed by atoms with E-state index in [2.05, 4.69) is 15.6 Å². The van der Waals surface area contributed by atoms with Gasteiger partial charge in [0.2, 0.25) is 5.91 Å². The number of benzene rings is 1. The zero-order valence-electron chi connectivity index (χ0n) is 17.6. The van der Waals surface area contributed by atoms with Gasteiger partial charge in [-0.25, -0.2) is 0 Å². The van der Waals surface area contributed by atoms with Gasteiger partial charge in [0.05, 0.1) is 24.2 Å². The zero-order valence-corrected chi connectivity index (χ0v) is 17.6. The molecular formula is C25H24N4O3. The molecule has 1 aliphatic heterocycles. The molecule has 7 nitrogen and oxygen atoms in total.